The number of esters is 1. The second-order valence-electron chi connectivity index (χ2n) is 4.04. The number of carbonyl (C=O) groups excluding carboxylic acids is 1. The minimum atomic E-state index is -0.517. The highest BCUT2D eigenvalue weighted by molar-refractivity contribution is 5.71. The summed E-state index contributed by atoms with van der Waals surface area (Å²) in [6.07, 6.45) is 0.592. The van der Waals surface area contributed by atoms with Crippen LogP contribution >= 0.6 is 0 Å². The topological polar surface area (TPSA) is 61.5 Å². The number of carbonyl (C=O) groups is 1. The van der Waals surface area contributed by atoms with Crippen LogP contribution in [0.25, 0.3) is 0 Å². The van der Waals surface area contributed by atoms with Gasteiger partial charge in [-0.2, -0.15) is 0 Å². The lowest BCUT2D eigenvalue weighted by atomic mass is 10.1. The van der Waals surface area contributed by atoms with E-state index in [0.29, 0.717) is 6.42 Å². The summed E-state index contributed by atoms with van der Waals surface area (Å²) in [4.78, 5) is 11.1. The quantitative estimate of drug-likeness (QED) is 0.785. The van der Waals surface area contributed by atoms with Crippen LogP contribution in [-0.2, 0) is 16.0 Å². The maximum absolute atomic E-state index is 13.6. The van der Waals surface area contributed by atoms with Crippen LogP contribution in [0.15, 0.2) is 18.2 Å². The van der Waals surface area contributed by atoms with E-state index < -0.39 is 11.8 Å². The molecule has 0 fully saturated rings. The standard InChI is InChI=1S/C13H18FNO3/c1-3-17-13(16)8-18-12-5-4-10(6-9(2)15)7-11(12)14/h4-5,7,9H,3,6,8,15H2,1-2H3. The van der Waals surface area contributed by atoms with Crippen LogP contribution in [0, 0.1) is 5.82 Å². The average Bonchev–Trinajstić information content (AvgIpc) is 2.27. The van der Waals surface area contributed by atoms with E-state index in [0.717, 1.165) is 5.56 Å². The maximum Gasteiger partial charge on any atom is 0.344 e. The van der Waals surface area contributed by atoms with Crippen LogP contribution in [0.4, 0.5) is 4.39 Å². The normalized spacial score (nSPS) is 12.0. The maximum atomic E-state index is 13.6. The number of ether oxygens (including phenoxy) is 2. The van der Waals surface area contributed by atoms with Crippen molar-refractivity contribution < 1.29 is 18.7 Å². The summed E-state index contributed by atoms with van der Waals surface area (Å²) in [5.41, 5.74) is 6.43. The Morgan fingerprint density at radius 1 is 1.50 bits per heavy atom. The summed E-state index contributed by atoms with van der Waals surface area (Å²) in [6.45, 7) is 3.53. The fraction of sp³-hybridized carbons (Fsp3) is 0.462. The fourth-order valence-corrected chi connectivity index (χ4v) is 1.50. The second kappa shape index (κ2) is 6.96. The Bertz CT molecular complexity index is 407. The number of nitrogens with two attached hydrogens (primary N) is 1. The van der Waals surface area contributed by atoms with E-state index in [1.165, 1.54) is 12.1 Å². The number of hydrogen-bond donors (Lipinski definition) is 1. The lowest BCUT2D eigenvalue weighted by Crippen LogP contribution is -2.18. The van der Waals surface area contributed by atoms with Crippen LogP contribution in [-0.4, -0.2) is 25.2 Å². The molecular weight excluding hydrogens is 237 g/mol. The van der Waals surface area contributed by atoms with Gasteiger partial charge in [0.15, 0.2) is 18.2 Å². The number of halogens is 1. The monoisotopic (exact) mass is 255 g/mol. The molecule has 0 aliphatic carbocycles. The predicted octanol–water partition coefficient (Wildman–Crippen LogP) is 1.66. The lowest BCUT2D eigenvalue weighted by molar-refractivity contribution is -0.145. The van der Waals surface area contributed by atoms with E-state index in [1.807, 2.05) is 6.92 Å². The third-order valence-electron chi connectivity index (χ3n) is 2.20. The van der Waals surface area contributed by atoms with Crippen molar-refractivity contribution >= 4 is 5.97 Å². The minimum Gasteiger partial charge on any atom is -0.479 e. The van der Waals surface area contributed by atoms with E-state index in [9.17, 15) is 9.18 Å². The Balaban J connectivity index is 2.59. The SMILES string of the molecule is CCOC(=O)COc1ccc(CC(C)N)cc1F. The van der Waals surface area contributed by atoms with E-state index >= 15 is 0 Å². The molecule has 0 aliphatic heterocycles. The molecule has 0 saturated heterocycles. The van der Waals surface area contributed by atoms with Crippen molar-refractivity contribution in [2.75, 3.05) is 13.2 Å². The van der Waals surface area contributed by atoms with E-state index in [2.05, 4.69) is 4.74 Å². The summed E-state index contributed by atoms with van der Waals surface area (Å²) in [5, 5.41) is 0. The third-order valence-corrected chi connectivity index (χ3v) is 2.20. The molecule has 0 spiro atoms. The first kappa shape index (κ1) is 14.4. The molecule has 4 nitrogen and oxygen atoms in total. The number of rotatable bonds is 6. The third kappa shape index (κ3) is 4.71. The van der Waals surface area contributed by atoms with Crippen molar-refractivity contribution in [2.24, 2.45) is 5.73 Å². The number of benzene rings is 1. The van der Waals surface area contributed by atoms with Crippen LogP contribution in [0.3, 0.4) is 0 Å². The molecule has 0 amide bonds. The molecule has 0 heterocycles. The van der Waals surface area contributed by atoms with Gasteiger partial charge in [-0.05, 0) is 38.0 Å². The molecule has 0 bridgehead atoms. The van der Waals surface area contributed by atoms with Gasteiger partial charge in [0.2, 0.25) is 0 Å². The highest BCUT2D eigenvalue weighted by Gasteiger charge is 2.09. The Morgan fingerprint density at radius 3 is 2.78 bits per heavy atom. The Hall–Kier alpha value is -1.62. The van der Waals surface area contributed by atoms with Crippen molar-refractivity contribution in [3.05, 3.63) is 29.6 Å². The van der Waals surface area contributed by atoms with Crippen molar-refractivity contribution in [3.63, 3.8) is 0 Å². The Labute approximate surface area is 106 Å². The average molecular weight is 255 g/mol. The molecule has 2 N–H and O–H groups in total. The van der Waals surface area contributed by atoms with Crippen molar-refractivity contribution in [1.82, 2.24) is 0 Å². The molecule has 5 heteroatoms. The van der Waals surface area contributed by atoms with Gasteiger partial charge >= 0.3 is 5.97 Å². The summed E-state index contributed by atoms with van der Waals surface area (Å²) in [5.74, 6) is -0.981. The minimum absolute atomic E-state index is 0.0318. The largest absolute Gasteiger partial charge is 0.479 e. The zero-order valence-corrected chi connectivity index (χ0v) is 10.6. The summed E-state index contributed by atoms with van der Waals surface area (Å²) < 4.78 is 23.3. The zero-order valence-electron chi connectivity index (χ0n) is 10.6. The predicted molar refractivity (Wildman–Crippen MR) is 65.9 cm³/mol. The first-order chi connectivity index (χ1) is 8.52. The molecule has 1 rings (SSSR count). The first-order valence-corrected chi connectivity index (χ1v) is 5.85. The molecule has 0 radical (unpaired) electrons. The van der Waals surface area contributed by atoms with E-state index in [4.69, 9.17) is 10.5 Å². The molecule has 1 atom stereocenters. The highest BCUT2D eigenvalue weighted by atomic mass is 19.1. The van der Waals surface area contributed by atoms with Gasteiger partial charge in [-0.1, -0.05) is 6.07 Å². The second-order valence-corrected chi connectivity index (χ2v) is 4.04. The lowest BCUT2D eigenvalue weighted by Gasteiger charge is -2.09. The van der Waals surface area contributed by atoms with Gasteiger partial charge in [-0.25, -0.2) is 9.18 Å². The molecule has 18 heavy (non-hydrogen) atoms. The zero-order chi connectivity index (χ0) is 13.5. The summed E-state index contributed by atoms with van der Waals surface area (Å²) in [6, 6.07) is 4.55. The van der Waals surface area contributed by atoms with Crippen LogP contribution in [0.5, 0.6) is 5.75 Å². The smallest absolute Gasteiger partial charge is 0.344 e. The van der Waals surface area contributed by atoms with Gasteiger partial charge in [0.25, 0.3) is 0 Å². The van der Waals surface area contributed by atoms with Crippen molar-refractivity contribution in [1.29, 1.82) is 0 Å². The van der Waals surface area contributed by atoms with E-state index in [-0.39, 0.29) is 25.0 Å². The summed E-state index contributed by atoms with van der Waals surface area (Å²) in [7, 11) is 0. The molecule has 1 aromatic carbocycles. The Kier molecular flexibility index (Phi) is 5.58. The van der Waals surface area contributed by atoms with Gasteiger partial charge in [0.1, 0.15) is 0 Å². The first-order valence-electron chi connectivity index (χ1n) is 5.85. The van der Waals surface area contributed by atoms with Gasteiger partial charge in [-0.3, -0.25) is 0 Å². The van der Waals surface area contributed by atoms with Crippen LogP contribution < -0.4 is 10.5 Å². The summed E-state index contributed by atoms with van der Waals surface area (Å²) >= 11 is 0. The van der Waals surface area contributed by atoms with Crippen molar-refractivity contribution in [3.8, 4) is 5.75 Å². The number of hydrogen-bond acceptors (Lipinski definition) is 4. The highest BCUT2D eigenvalue weighted by Crippen LogP contribution is 2.19. The van der Waals surface area contributed by atoms with Gasteiger partial charge in [0.05, 0.1) is 6.61 Å². The van der Waals surface area contributed by atoms with Crippen molar-refractivity contribution in [2.45, 2.75) is 26.3 Å². The molecule has 0 aliphatic rings. The molecule has 100 valence electrons. The van der Waals surface area contributed by atoms with Gasteiger partial charge in [0, 0.05) is 6.04 Å². The van der Waals surface area contributed by atoms with E-state index in [1.54, 1.807) is 13.0 Å². The Morgan fingerprint density at radius 2 is 2.22 bits per heavy atom. The van der Waals surface area contributed by atoms with Crippen LogP contribution in [0.2, 0.25) is 0 Å². The van der Waals surface area contributed by atoms with Gasteiger partial charge in [-0.15, -0.1) is 0 Å². The molecule has 0 saturated carbocycles. The molecule has 1 aromatic rings. The fourth-order valence-electron chi connectivity index (χ4n) is 1.50. The van der Waals surface area contributed by atoms with Crippen LogP contribution in [0.1, 0.15) is 19.4 Å². The molecule has 1 unspecified atom stereocenters. The molecule has 0 aromatic heterocycles. The van der Waals surface area contributed by atoms with Gasteiger partial charge < -0.3 is 15.2 Å². The molecular formula is C13H18FNO3.